The highest BCUT2D eigenvalue weighted by Crippen LogP contribution is 2.24. The Hall–Kier alpha value is -2.49. The van der Waals surface area contributed by atoms with E-state index in [1.165, 1.54) is 0 Å². The maximum Gasteiger partial charge on any atom is 0.331 e. The second-order valence-electron chi connectivity index (χ2n) is 4.46. The SMILES string of the molecule is COc1ccccc1-n1c(=O)[nH]c2ccc(C)cc21. The van der Waals surface area contributed by atoms with Crippen LogP contribution in [0.5, 0.6) is 5.75 Å². The smallest absolute Gasteiger partial charge is 0.331 e. The van der Waals surface area contributed by atoms with Crippen LogP contribution in [0, 0.1) is 6.92 Å². The molecule has 2 aromatic carbocycles. The van der Waals surface area contributed by atoms with Crippen LogP contribution >= 0.6 is 0 Å². The number of rotatable bonds is 2. The molecule has 4 nitrogen and oxygen atoms in total. The molecular formula is C15H14N2O2. The number of aryl methyl sites for hydroxylation is 1. The molecule has 0 saturated heterocycles. The van der Waals surface area contributed by atoms with E-state index >= 15 is 0 Å². The fraction of sp³-hybridized carbons (Fsp3) is 0.133. The molecular weight excluding hydrogens is 240 g/mol. The molecule has 0 spiro atoms. The quantitative estimate of drug-likeness (QED) is 0.764. The van der Waals surface area contributed by atoms with Crippen molar-refractivity contribution in [2.75, 3.05) is 7.11 Å². The molecule has 0 radical (unpaired) electrons. The molecule has 0 saturated carbocycles. The first-order valence-electron chi connectivity index (χ1n) is 6.05. The van der Waals surface area contributed by atoms with Crippen molar-refractivity contribution in [2.24, 2.45) is 0 Å². The van der Waals surface area contributed by atoms with E-state index in [2.05, 4.69) is 4.98 Å². The summed E-state index contributed by atoms with van der Waals surface area (Å²) in [5.74, 6) is 0.673. The lowest BCUT2D eigenvalue weighted by Crippen LogP contribution is -2.15. The van der Waals surface area contributed by atoms with Crippen LogP contribution in [0.1, 0.15) is 5.56 Å². The monoisotopic (exact) mass is 254 g/mol. The molecule has 0 aliphatic rings. The van der Waals surface area contributed by atoms with Gasteiger partial charge in [0.15, 0.2) is 0 Å². The van der Waals surface area contributed by atoms with E-state index in [0.29, 0.717) is 5.75 Å². The Morgan fingerprint density at radius 1 is 1.16 bits per heavy atom. The molecule has 96 valence electrons. The molecule has 1 N–H and O–H groups in total. The zero-order valence-electron chi connectivity index (χ0n) is 10.8. The number of methoxy groups -OCH3 is 1. The van der Waals surface area contributed by atoms with Crippen LogP contribution in [0.3, 0.4) is 0 Å². The number of nitrogens with one attached hydrogen (secondary N) is 1. The van der Waals surface area contributed by atoms with Gasteiger partial charge in [0.2, 0.25) is 0 Å². The van der Waals surface area contributed by atoms with Crippen LogP contribution < -0.4 is 10.4 Å². The number of ether oxygens (including phenoxy) is 1. The zero-order chi connectivity index (χ0) is 13.4. The predicted molar refractivity (Wildman–Crippen MR) is 75.2 cm³/mol. The van der Waals surface area contributed by atoms with Gasteiger partial charge >= 0.3 is 5.69 Å². The number of fused-ring (bicyclic) bond motifs is 1. The van der Waals surface area contributed by atoms with Gasteiger partial charge in [-0.2, -0.15) is 0 Å². The van der Waals surface area contributed by atoms with Gasteiger partial charge in [0.1, 0.15) is 5.75 Å². The fourth-order valence-electron chi connectivity index (χ4n) is 2.27. The van der Waals surface area contributed by atoms with Crippen molar-refractivity contribution in [3.8, 4) is 11.4 Å². The molecule has 1 aromatic heterocycles. The number of aromatic amines is 1. The highest BCUT2D eigenvalue weighted by molar-refractivity contribution is 5.78. The van der Waals surface area contributed by atoms with Crippen LogP contribution in [-0.4, -0.2) is 16.7 Å². The number of imidazole rings is 1. The van der Waals surface area contributed by atoms with Crippen molar-refractivity contribution in [1.82, 2.24) is 9.55 Å². The van der Waals surface area contributed by atoms with E-state index in [1.807, 2.05) is 49.4 Å². The number of hydrogen-bond acceptors (Lipinski definition) is 2. The summed E-state index contributed by atoms with van der Waals surface area (Å²) >= 11 is 0. The first-order chi connectivity index (χ1) is 9.20. The van der Waals surface area contributed by atoms with Crippen molar-refractivity contribution in [3.63, 3.8) is 0 Å². The van der Waals surface area contributed by atoms with Gasteiger partial charge in [0, 0.05) is 0 Å². The average molecular weight is 254 g/mol. The average Bonchev–Trinajstić information content (AvgIpc) is 2.74. The largest absolute Gasteiger partial charge is 0.495 e. The van der Waals surface area contributed by atoms with E-state index in [4.69, 9.17) is 4.74 Å². The van der Waals surface area contributed by atoms with E-state index in [1.54, 1.807) is 11.7 Å². The van der Waals surface area contributed by atoms with Gasteiger partial charge in [-0.15, -0.1) is 0 Å². The van der Waals surface area contributed by atoms with Gasteiger partial charge in [-0.05, 0) is 36.8 Å². The summed E-state index contributed by atoms with van der Waals surface area (Å²) in [6.07, 6.45) is 0. The van der Waals surface area contributed by atoms with E-state index < -0.39 is 0 Å². The summed E-state index contributed by atoms with van der Waals surface area (Å²) in [5, 5.41) is 0. The lowest BCUT2D eigenvalue weighted by molar-refractivity contribution is 0.413. The van der Waals surface area contributed by atoms with Gasteiger partial charge in [-0.1, -0.05) is 18.2 Å². The molecule has 19 heavy (non-hydrogen) atoms. The first kappa shape index (κ1) is 11.6. The topological polar surface area (TPSA) is 47.0 Å². The van der Waals surface area contributed by atoms with E-state index in [9.17, 15) is 4.79 Å². The molecule has 0 bridgehead atoms. The molecule has 3 aromatic rings. The minimum atomic E-state index is -0.162. The lowest BCUT2D eigenvalue weighted by Gasteiger charge is -2.09. The summed E-state index contributed by atoms with van der Waals surface area (Å²) in [5.41, 5.74) is 3.36. The molecule has 0 aliphatic heterocycles. The summed E-state index contributed by atoms with van der Waals surface area (Å²) in [6.45, 7) is 2.00. The maximum absolute atomic E-state index is 12.2. The second-order valence-corrected chi connectivity index (χ2v) is 4.46. The van der Waals surface area contributed by atoms with Crippen LogP contribution in [-0.2, 0) is 0 Å². The second kappa shape index (κ2) is 4.31. The van der Waals surface area contributed by atoms with Crippen LogP contribution in [0.2, 0.25) is 0 Å². The molecule has 0 amide bonds. The molecule has 4 heteroatoms. The number of benzene rings is 2. The molecule has 0 unspecified atom stereocenters. The van der Waals surface area contributed by atoms with E-state index in [-0.39, 0.29) is 5.69 Å². The van der Waals surface area contributed by atoms with Crippen LogP contribution in [0.25, 0.3) is 16.7 Å². The highest BCUT2D eigenvalue weighted by atomic mass is 16.5. The third-order valence-corrected chi connectivity index (χ3v) is 3.16. The van der Waals surface area contributed by atoms with Crippen LogP contribution in [0.15, 0.2) is 47.3 Å². The normalized spacial score (nSPS) is 10.8. The molecule has 1 heterocycles. The fourth-order valence-corrected chi connectivity index (χ4v) is 2.27. The summed E-state index contributed by atoms with van der Waals surface area (Å²) in [7, 11) is 1.60. The maximum atomic E-state index is 12.2. The first-order valence-corrected chi connectivity index (χ1v) is 6.05. The minimum Gasteiger partial charge on any atom is -0.495 e. The summed E-state index contributed by atoms with van der Waals surface area (Å²) in [6, 6.07) is 13.4. The molecule has 3 rings (SSSR count). The Kier molecular flexibility index (Phi) is 2.63. The van der Waals surface area contributed by atoms with Crippen molar-refractivity contribution in [2.45, 2.75) is 6.92 Å². The van der Waals surface area contributed by atoms with Crippen molar-refractivity contribution in [1.29, 1.82) is 0 Å². The molecule has 0 aliphatic carbocycles. The van der Waals surface area contributed by atoms with Gasteiger partial charge in [0.05, 0.1) is 23.8 Å². The Morgan fingerprint density at radius 3 is 2.74 bits per heavy atom. The number of para-hydroxylation sites is 2. The van der Waals surface area contributed by atoms with Crippen molar-refractivity contribution >= 4 is 11.0 Å². The van der Waals surface area contributed by atoms with Crippen molar-refractivity contribution in [3.05, 3.63) is 58.5 Å². The number of H-pyrrole nitrogens is 1. The zero-order valence-corrected chi connectivity index (χ0v) is 10.8. The minimum absolute atomic E-state index is 0.162. The van der Waals surface area contributed by atoms with Gasteiger partial charge < -0.3 is 9.72 Å². The standard InChI is InChI=1S/C15H14N2O2/c1-10-7-8-11-13(9-10)17(15(18)16-11)12-5-3-4-6-14(12)19-2/h3-9H,1-2H3,(H,16,18). The third kappa shape index (κ3) is 1.81. The highest BCUT2D eigenvalue weighted by Gasteiger charge is 2.12. The Morgan fingerprint density at radius 2 is 1.95 bits per heavy atom. The Balaban J connectivity index is 2.39. The Bertz CT molecular complexity index is 799. The lowest BCUT2D eigenvalue weighted by atomic mass is 10.2. The molecule has 0 fully saturated rings. The van der Waals surface area contributed by atoms with Gasteiger partial charge in [-0.3, -0.25) is 4.57 Å². The summed E-state index contributed by atoms with van der Waals surface area (Å²) in [4.78, 5) is 15.0. The van der Waals surface area contributed by atoms with Crippen LogP contribution in [0.4, 0.5) is 0 Å². The number of aromatic nitrogens is 2. The predicted octanol–water partition coefficient (Wildman–Crippen LogP) is 2.64. The van der Waals surface area contributed by atoms with Crippen molar-refractivity contribution < 1.29 is 4.74 Å². The van der Waals surface area contributed by atoms with Gasteiger partial charge in [0.25, 0.3) is 0 Å². The summed E-state index contributed by atoms with van der Waals surface area (Å²) < 4.78 is 6.97. The molecule has 0 atom stereocenters. The van der Waals surface area contributed by atoms with Gasteiger partial charge in [-0.25, -0.2) is 4.79 Å². The van der Waals surface area contributed by atoms with E-state index in [0.717, 1.165) is 22.3 Å². The Labute approximate surface area is 110 Å². The number of hydrogen-bond donors (Lipinski definition) is 1. The third-order valence-electron chi connectivity index (χ3n) is 3.16. The number of nitrogens with zero attached hydrogens (tertiary/aromatic N) is 1.